The normalized spacial score (nSPS) is 13.4. The average molecular weight is 252 g/mol. The van der Waals surface area contributed by atoms with E-state index in [0.29, 0.717) is 12.8 Å². The Morgan fingerprint density at radius 3 is 2.50 bits per heavy atom. The number of hydrogen-bond acceptors (Lipinski definition) is 3. The van der Waals surface area contributed by atoms with Crippen molar-refractivity contribution in [1.29, 1.82) is 0 Å². The first-order chi connectivity index (χ1) is 8.38. The van der Waals surface area contributed by atoms with Crippen LogP contribution in [-0.4, -0.2) is 31.0 Å². The minimum atomic E-state index is -0.435. The van der Waals surface area contributed by atoms with Gasteiger partial charge in [-0.1, -0.05) is 17.7 Å². The number of hydrogen-bond donors (Lipinski definition) is 1. The van der Waals surface area contributed by atoms with Crippen molar-refractivity contribution in [3.8, 4) is 5.75 Å². The van der Waals surface area contributed by atoms with Crippen LogP contribution >= 0.6 is 0 Å². The summed E-state index contributed by atoms with van der Waals surface area (Å²) >= 11 is 0. The van der Waals surface area contributed by atoms with Gasteiger partial charge in [0.25, 0.3) is 0 Å². The predicted octanol–water partition coefficient (Wildman–Crippen LogP) is 2.72. The molecule has 1 N–H and O–H groups in total. The smallest absolute Gasteiger partial charge is 0.122 e. The highest BCUT2D eigenvalue weighted by molar-refractivity contribution is 5.37. The summed E-state index contributed by atoms with van der Waals surface area (Å²) in [4.78, 5) is 0. The third-order valence-corrected chi connectivity index (χ3v) is 3.17. The second kappa shape index (κ2) is 6.21. The van der Waals surface area contributed by atoms with Gasteiger partial charge < -0.3 is 14.6 Å². The standard InChI is InChI=1S/C15H24O3/c1-11-6-7-14(17-4)12(8-11)9-13(16)10-15(2,3)18-5/h6-8,13,16H,9-10H2,1-5H3. The number of methoxy groups -OCH3 is 2. The van der Waals surface area contributed by atoms with Crippen LogP contribution in [-0.2, 0) is 11.2 Å². The maximum absolute atomic E-state index is 10.1. The van der Waals surface area contributed by atoms with Gasteiger partial charge in [0.05, 0.1) is 18.8 Å². The summed E-state index contributed by atoms with van der Waals surface area (Å²) < 4.78 is 10.7. The van der Waals surface area contributed by atoms with Crippen molar-refractivity contribution < 1.29 is 14.6 Å². The molecule has 0 aromatic heterocycles. The molecule has 0 bridgehead atoms. The molecule has 3 heteroatoms. The summed E-state index contributed by atoms with van der Waals surface area (Å²) in [5, 5.41) is 10.1. The molecule has 0 amide bonds. The van der Waals surface area contributed by atoms with E-state index in [0.717, 1.165) is 11.3 Å². The number of rotatable bonds is 6. The Kier molecular flexibility index (Phi) is 5.17. The van der Waals surface area contributed by atoms with E-state index >= 15 is 0 Å². The van der Waals surface area contributed by atoms with E-state index in [1.165, 1.54) is 5.56 Å². The van der Waals surface area contributed by atoms with Crippen molar-refractivity contribution in [3.05, 3.63) is 29.3 Å². The molecule has 0 heterocycles. The summed E-state index contributed by atoms with van der Waals surface area (Å²) in [7, 11) is 3.32. The summed E-state index contributed by atoms with van der Waals surface area (Å²) in [6.45, 7) is 5.99. The third-order valence-electron chi connectivity index (χ3n) is 3.17. The molecule has 18 heavy (non-hydrogen) atoms. The molecule has 0 spiro atoms. The Labute approximate surface area is 110 Å². The lowest BCUT2D eigenvalue weighted by molar-refractivity contribution is -0.0191. The van der Waals surface area contributed by atoms with Crippen molar-refractivity contribution in [1.82, 2.24) is 0 Å². The van der Waals surface area contributed by atoms with E-state index in [4.69, 9.17) is 9.47 Å². The van der Waals surface area contributed by atoms with Crippen LogP contribution in [0.2, 0.25) is 0 Å². The molecule has 1 aromatic carbocycles. The van der Waals surface area contributed by atoms with Crippen LogP contribution in [0, 0.1) is 6.92 Å². The Hall–Kier alpha value is -1.06. The second-order valence-corrected chi connectivity index (χ2v) is 5.34. The van der Waals surface area contributed by atoms with E-state index in [-0.39, 0.29) is 5.60 Å². The Bertz CT molecular complexity index is 385. The first-order valence-corrected chi connectivity index (χ1v) is 6.24. The lowest BCUT2D eigenvalue weighted by Crippen LogP contribution is -2.29. The molecule has 0 saturated carbocycles. The highest BCUT2D eigenvalue weighted by Gasteiger charge is 2.22. The molecule has 1 rings (SSSR count). The highest BCUT2D eigenvalue weighted by atomic mass is 16.5. The Balaban J connectivity index is 2.75. The molecule has 102 valence electrons. The van der Waals surface area contributed by atoms with E-state index in [9.17, 15) is 5.11 Å². The SMILES string of the molecule is COc1ccc(C)cc1CC(O)CC(C)(C)OC. The topological polar surface area (TPSA) is 38.7 Å². The molecule has 1 aromatic rings. The molecule has 0 aliphatic heterocycles. The quantitative estimate of drug-likeness (QED) is 0.846. The van der Waals surface area contributed by atoms with Gasteiger partial charge in [0, 0.05) is 20.0 Å². The Morgan fingerprint density at radius 2 is 1.94 bits per heavy atom. The van der Waals surface area contributed by atoms with E-state index in [1.807, 2.05) is 32.9 Å². The van der Waals surface area contributed by atoms with Gasteiger partial charge in [-0.2, -0.15) is 0 Å². The third kappa shape index (κ3) is 4.31. The monoisotopic (exact) mass is 252 g/mol. The van der Waals surface area contributed by atoms with E-state index in [2.05, 4.69) is 6.07 Å². The summed E-state index contributed by atoms with van der Waals surface area (Å²) in [5.74, 6) is 0.829. The molecular formula is C15H24O3. The molecule has 1 unspecified atom stereocenters. The number of aliphatic hydroxyl groups excluding tert-OH is 1. The van der Waals surface area contributed by atoms with Crippen molar-refractivity contribution in [2.45, 2.75) is 45.3 Å². The number of aliphatic hydroxyl groups is 1. The van der Waals surface area contributed by atoms with Gasteiger partial charge in [-0.15, -0.1) is 0 Å². The van der Waals surface area contributed by atoms with Crippen LogP contribution in [0.1, 0.15) is 31.4 Å². The van der Waals surface area contributed by atoms with Crippen molar-refractivity contribution in [2.24, 2.45) is 0 Å². The van der Waals surface area contributed by atoms with Crippen LogP contribution in [0.25, 0.3) is 0 Å². The lowest BCUT2D eigenvalue weighted by Gasteiger charge is -2.26. The molecule has 0 aliphatic carbocycles. The van der Waals surface area contributed by atoms with Gasteiger partial charge in [0.2, 0.25) is 0 Å². The first-order valence-electron chi connectivity index (χ1n) is 6.24. The zero-order valence-electron chi connectivity index (χ0n) is 12.0. The van der Waals surface area contributed by atoms with Crippen molar-refractivity contribution in [2.75, 3.05) is 14.2 Å². The maximum atomic E-state index is 10.1. The molecule has 1 atom stereocenters. The van der Waals surface area contributed by atoms with Gasteiger partial charge in [0.15, 0.2) is 0 Å². The Morgan fingerprint density at radius 1 is 1.28 bits per heavy atom. The predicted molar refractivity (Wildman–Crippen MR) is 73.1 cm³/mol. The largest absolute Gasteiger partial charge is 0.496 e. The molecule has 3 nitrogen and oxygen atoms in total. The minimum Gasteiger partial charge on any atom is -0.496 e. The van der Waals surface area contributed by atoms with Crippen LogP contribution in [0.15, 0.2) is 18.2 Å². The van der Waals surface area contributed by atoms with E-state index in [1.54, 1.807) is 14.2 Å². The molecular weight excluding hydrogens is 228 g/mol. The summed E-state index contributed by atoms with van der Waals surface area (Å²) in [6, 6.07) is 6.01. The molecule has 0 aliphatic rings. The van der Waals surface area contributed by atoms with Crippen molar-refractivity contribution >= 4 is 0 Å². The maximum Gasteiger partial charge on any atom is 0.122 e. The fourth-order valence-corrected chi connectivity index (χ4v) is 2.04. The zero-order chi connectivity index (χ0) is 13.8. The van der Waals surface area contributed by atoms with Crippen LogP contribution in [0.3, 0.4) is 0 Å². The van der Waals surface area contributed by atoms with Crippen LogP contribution in [0.4, 0.5) is 0 Å². The van der Waals surface area contributed by atoms with Gasteiger partial charge in [-0.05, 0) is 32.4 Å². The molecule has 0 fully saturated rings. The zero-order valence-corrected chi connectivity index (χ0v) is 12.0. The van der Waals surface area contributed by atoms with Gasteiger partial charge in [0.1, 0.15) is 5.75 Å². The summed E-state index contributed by atoms with van der Waals surface area (Å²) in [5.41, 5.74) is 1.90. The molecule has 0 saturated heterocycles. The second-order valence-electron chi connectivity index (χ2n) is 5.34. The van der Waals surface area contributed by atoms with Gasteiger partial charge in [-0.3, -0.25) is 0 Å². The highest BCUT2D eigenvalue weighted by Crippen LogP contribution is 2.24. The lowest BCUT2D eigenvalue weighted by atomic mass is 9.95. The average Bonchev–Trinajstić information content (AvgIpc) is 2.28. The van der Waals surface area contributed by atoms with Crippen LogP contribution < -0.4 is 4.74 Å². The van der Waals surface area contributed by atoms with Crippen molar-refractivity contribution in [3.63, 3.8) is 0 Å². The van der Waals surface area contributed by atoms with Gasteiger partial charge in [-0.25, -0.2) is 0 Å². The number of aryl methyl sites for hydroxylation is 1. The minimum absolute atomic E-state index is 0.309. The van der Waals surface area contributed by atoms with E-state index < -0.39 is 6.10 Å². The van der Waals surface area contributed by atoms with Crippen LogP contribution in [0.5, 0.6) is 5.75 Å². The fourth-order valence-electron chi connectivity index (χ4n) is 2.04. The van der Waals surface area contributed by atoms with Gasteiger partial charge >= 0.3 is 0 Å². The summed E-state index contributed by atoms with van der Waals surface area (Å²) in [6.07, 6.45) is 0.744. The first kappa shape index (κ1) is 15.0. The number of benzene rings is 1. The fraction of sp³-hybridized carbons (Fsp3) is 0.600. The number of ether oxygens (including phenoxy) is 2. The molecule has 0 radical (unpaired) electrons.